The van der Waals surface area contributed by atoms with E-state index in [1.807, 2.05) is 12.1 Å². The molecule has 0 unspecified atom stereocenters. The fourth-order valence-electron chi connectivity index (χ4n) is 2.20. The molecule has 148 valence electrons. The summed E-state index contributed by atoms with van der Waals surface area (Å²) in [4.78, 5) is 10.8. The van der Waals surface area contributed by atoms with E-state index in [4.69, 9.17) is 5.73 Å². The molecule has 1 N–H and O–H groups in total. The Morgan fingerprint density at radius 1 is 0.964 bits per heavy atom. The van der Waals surface area contributed by atoms with E-state index >= 15 is 0 Å². The Kier molecular flexibility index (Phi) is 18.0. The molecule has 0 heterocycles. The Hall–Kier alpha value is -0.969. The van der Waals surface area contributed by atoms with Crippen molar-refractivity contribution in [2.24, 2.45) is 0 Å². The van der Waals surface area contributed by atoms with E-state index in [2.05, 4.69) is 76.3 Å². The summed E-state index contributed by atoms with van der Waals surface area (Å²) in [5.74, 6) is -0.619. The molecule has 0 aliphatic carbocycles. The molecule has 0 bridgehead atoms. The molecule has 28 heavy (non-hydrogen) atoms. The maximum atomic E-state index is 10.8. The topological polar surface area (TPSA) is 40.9 Å². The minimum atomic E-state index is -0.619. The zero-order valence-electron chi connectivity index (χ0n) is 17.0. The minimum Gasteiger partial charge on any atom is -1.00 e. The van der Waals surface area contributed by atoms with Crippen molar-refractivity contribution >= 4 is 26.2 Å². The van der Waals surface area contributed by atoms with E-state index in [0.29, 0.717) is 5.56 Å². The van der Waals surface area contributed by atoms with Crippen LogP contribution in [0.25, 0.3) is 16.5 Å². The number of fused-ring (bicyclic) bond motifs is 1. The van der Waals surface area contributed by atoms with Crippen molar-refractivity contribution in [3.8, 4) is 0 Å². The van der Waals surface area contributed by atoms with Gasteiger partial charge in [-0.3, -0.25) is 0 Å². The van der Waals surface area contributed by atoms with Crippen LogP contribution >= 0.6 is 0 Å². The molecule has 2 radical (unpaired) electrons. The van der Waals surface area contributed by atoms with E-state index < -0.39 is 5.91 Å². The minimum absolute atomic E-state index is 0. The van der Waals surface area contributed by atoms with Gasteiger partial charge < -0.3 is 35.3 Å². The van der Waals surface area contributed by atoms with Crippen LogP contribution in [0, 0.1) is 0 Å². The standard InChI is InChI=1S/C11H15NO.C9H7.C2H6Si.2ClH.Ti/c1-11(2,3)9-6-4-5-8(7-9)10(12)13;1-2-5-9-7-3-6-8(9)4-1;1-3-2;;;/h4-7H,1-3H3,(H2,12,13);1-7H;1-2H3;2*1H;/q;-1;;;;+4/p-3. The van der Waals surface area contributed by atoms with Crippen molar-refractivity contribution in [1.82, 2.24) is 0 Å². The van der Waals surface area contributed by atoms with Gasteiger partial charge in [0.25, 0.3) is 0 Å². The van der Waals surface area contributed by atoms with Crippen molar-refractivity contribution in [1.29, 1.82) is 0 Å². The fourth-order valence-corrected chi connectivity index (χ4v) is 2.20. The summed E-state index contributed by atoms with van der Waals surface area (Å²) in [6, 6.07) is 21.9. The monoisotopic (exact) mass is 467 g/mol. The Morgan fingerprint density at radius 2 is 1.54 bits per heavy atom. The van der Waals surface area contributed by atoms with E-state index in [1.165, 1.54) is 10.8 Å². The quantitative estimate of drug-likeness (QED) is 0.380. The molecule has 0 spiro atoms. The first kappa shape index (κ1) is 31.7. The summed E-state index contributed by atoms with van der Waals surface area (Å²) >= 11 is 0. The van der Waals surface area contributed by atoms with Crippen molar-refractivity contribution in [2.45, 2.75) is 39.3 Å². The average molecular weight is 468 g/mol. The van der Waals surface area contributed by atoms with Crippen molar-refractivity contribution < 1.29 is 51.3 Å². The third-order valence-corrected chi connectivity index (χ3v) is 3.54. The van der Waals surface area contributed by atoms with Crippen molar-refractivity contribution in [2.75, 3.05) is 0 Å². The SMILES string of the molecule is CC(C)(C)c1cccc(C([NH-])=O)c1.C[Si]C.[Cl-].[Cl-].[Ti+4].c1ccc2[cH-]ccc2c1. The van der Waals surface area contributed by atoms with Crippen LogP contribution < -0.4 is 24.8 Å². The molecule has 1 amide bonds. The third kappa shape index (κ3) is 11.1. The molecular weight excluding hydrogens is 441 g/mol. The number of carbonyl (C=O) groups excluding carboxylic acids is 1. The summed E-state index contributed by atoms with van der Waals surface area (Å²) in [5.41, 5.74) is 8.57. The molecule has 0 aromatic heterocycles. The normalized spacial score (nSPS) is 9.18. The van der Waals surface area contributed by atoms with Crippen molar-refractivity contribution in [3.05, 3.63) is 83.6 Å². The molecule has 0 aliphatic heterocycles. The van der Waals surface area contributed by atoms with Gasteiger partial charge in [0, 0.05) is 9.52 Å². The summed E-state index contributed by atoms with van der Waals surface area (Å²) in [6.45, 7) is 10.6. The van der Waals surface area contributed by atoms with Gasteiger partial charge in [-0.05, 0) is 22.6 Å². The first-order chi connectivity index (χ1) is 11.8. The van der Waals surface area contributed by atoms with Gasteiger partial charge in [-0.1, -0.05) is 58.1 Å². The second-order valence-electron chi connectivity index (χ2n) is 6.81. The predicted molar refractivity (Wildman–Crippen MR) is 111 cm³/mol. The molecule has 0 saturated heterocycles. The summed E-state index contributed by atoms with van der Waals surface area (Å²) in [7, 11) is 1.08. The summed E-state index contributed by atoms with van der Waals surface area (Å²) in [6.07, 6.45) is 0. The van der Waals surface area contributed by atoms with Gasteiger partial charge in [-0.25, -0.2) is 0 Å². The number of nitrogens with one attached hydrogen (secondary N) is 1. The molecule has 0 saturated carbocycles. The van der Waals surface area contributed by atoms with Crippen LogP contribution in [0.4, 0.5) is 0 Å². The molecule has 6 heteroatoms. The number of benzene rings is 2. The molecule has 3 rings (SSSR count). The van der Waals surface area contributed by atoms with Crippen molar-refractivity contribution in [3.63, 3.8) is 0 Å². The molecule has 0 fully saturated rings. The summed E-state index contributed by atoms with van der Waals surface area (Å²) < 4.78 is 0. The number of amides is 1. The van der Waals surface area contributed by atoms with E-state index in [1.54, 1.807) is 12.1 Å². The number of hydrogen-bond donors (Lipinski definition) is 0. The van der Waals surface area contributed by atoms with Gasteiger partial charge in [0.15, 0.2) is 0 Å². The third-order valence-electron chi connectivity index (χ3n) is 3.54. The molecule has 3 aromatic rings. The molecular formula is C22H27Cl2NOSiTi. The number of hydrogen-bond acceptors (Lipinski definition) is 1. The van der Waals surface area contributed by atoms with Crippen LogP contribution in [-0.4, -0.2) is 15.4 Å². The Bertz CT molecular complexity index is 770. The van der Waals surface area contributed by atoms with Crippen LogP contribution in [0.15, 0.2) is 66.7 Å². The van der Waals surface area contributed by atoms with Gasteiger partial charge in [0.2, 0.25) is 0 Å². The van der Waals surface area contributed by atoms with Crippen LogP contribution in [0.1, 0.15) is 36.7 Å². The predicted octanol–water partition coefficient (Wildman–Crippen LogP) is 0.528. The Morgan fingerprint density at radius 3 is 2.04 bits per heavy atom. The van der Waals surface area contributed by atoms with E-state index in [0.717, 1.165) is 15.1 Å². The molecule has 3 aromatic carbocycles. The van der Waals surface area contributed by atoms with Gasteiger partial charge in [0.1, 0.15) is 0 Å². The number of carbonyl (C=O) groups is 1. The largest absolute Gasteiger partial charge is 4.00 e. The smallest absolute Gasteiger partial charge is 1.00 e. The average Bonchev–Trinajstić information content (AvgIpc) is 3.04. The van der Waals surface area contributed by atoms with Crippen LogP contribution in [0.3, 0.4) is 0 Å². The first-order valence-electron chi connectivity index (χ1n) is 8.35. The van der Waals surface area contributed by atoms with E-state index in [9.17, 15) is 4.79 Å². The second-order valence-corrected chi connectivity index (χ2v) is 7.81. The number of rotatable bonds is 1. The maximum Gasteiger partial charge on any atom is 4.00 e. The van der Waals surface area contributed by atoms with Gasteiger partial charge in [-0.15, -0.1) is 29.7 Å². The zero-order valence-corrected chi connectivity index (χ0v) is 21.1. The van der Waals surface area contributed by atoms with Crippen LogP contribution in [0.5, 0.6) is 0 Å². The second kappa shape index (κ2) is 15.9. The Balaban J connectivity index is -0.000000368. The fraction of sp³-hybridized carbons (Fsp3) is 0.273. The first-order valence-corrected chi connectivity index (χ1v) is 10.3. The van der Waals surface area contributed by atoms with E-state index in [-0.39, 0.29) is 51.9 Å². The van der Waals surface area contributed by atoms with Crippen LogP contribution in [0.2, 0.25) is 13.1 Å². The summed E-state index contributed by atoms with van der Waals surface area (Å²) in [5, 5.41) is 2.66. The van der Waals surface area contributed by atoms with Gasteiger partial charge >= 0.3 is 21.7 Å². The molecule has 0 atom stereocenters. The molecule has 0 aliphatic rings. The zero-order chi connectivity index (χ0) is 18.9. The van der Waals surface area contributed by atoms with Gasteiger partial charge in [0.05, 0.1) is 5.91 Å². The maximum absolute atomic E-state index is 10.8. The Labute approximate surface area is 199 Å². The van der Waals surface area contributed by atoms with Crippen LogP contribution in [-0.2, 0) is 27.1 Å². The molecule has 2 nitrogen and oxygen atoms in total. The van der Waals surface area contributed by atoms with Gasteiger partial charge in [-0.2, -0.15) is 17.5 Å². The number of halogens is 2.